The molecule has 1 amide bonds. The van der Waals surface area contributed by atoms with Crippen LogP contribution in [0.15, 0.2) is 24.4 Å². The van der Waals surface area contributed by atoms with E-state index in [0.717, 1.165) is 11.9 Å². The van der Waals surface area contributed by atoms with E-state index in [9.17, 15) is 13.2 Å². The van der Waals surface area contributed by atoms with Crippen molar-refractivity contribution in [3.05, 3.63) is 30.1 Å². The molecule has 0 spiro atoms. The van der Waals surface area contributed by atoms with Gasteiger partial charge in [-0.25, -0.2) is 8.42 Å². The number of carbonyl (C=O) groups is 1. The van der Waals surface area contributed by atoms with Crippen LogP contribution in [0, 0.1) is 0 Å². The zero-order valence-electron chi connectivity index (χ0n) is 11.0. The molecule has 0 aliphatic carbocycles. The van der Waals surface area contributed by atoms with E-state index in [0.29, 0.717) is 0 Å². The van der Waals surface area contributed by atoms with Gasteiger partial charge in [-0.05, 0) is 25.5 Å². The molecule has 7 heteroatoms. The molecular weight excluding hydrogens is 266 g/mol. The Morgan fingerprint density at radius 1 is 1.47 bits per heavy atom. The number of carbonyl (C=O) groups excluding carboxylic acids is 1. The second-order valence-electron chi connectivity index (χ2n) is 4.51. The van der Waals surface area contributed by atoms with E-state index < -0.39 is 15.9 Å². The molecule has 2 atom stereocenters. The maximum atomic E-state index is 11.8. The van der Waals surface area contributed by atoms with Gasteiger partial charge >= 0.3 is 0 Å². The first-order valence-electron chi connectivity index (χ1n) is 5.94. The summed E-state index contributed by atoms with van der Waals surface area (Å²) in [5.41, 5.74) is 6.38. The number of amides is 1. The first kappa shape index (κ1) is 15.6. The van der Waals surface area contributed by atoms with Gasteiger partial charge in [-0.15, -0.1) is 0 Å². The summed E-state index contributed by atoms with van der Waals surface area (Å²) in [6.45, 7) is 1.80. The van der Waals surface area contributed by atoms with Gasteiger partial charge in [0, 0.05) is 12.5 Å². The Balaban J connectivity index is 2.50. The fourth-order valence-electron chi connectivity index (χ4n) is 1.50. The van der Waals surface area contributed by atoms with Crippen LogP contribution in [-0.4, -0.2) is 37.4 Å². The highest BCUT2D eigenvalue weighted by Crippen LogP contribution is 2.08. The lowest BCUT2D eigenvalue weighted by molar-refractivity contribution is -0.123. The average molecular weight is 285 g/mol. The standard InChI is InChI=1S/C12H19N3O3S/c1-9(11-5-3-4-7-14-11)15-12(16)10(13)6-8-19(2,17)18/h3-5,7,9-10H,6,8,13H2,1-2H3,(H,15,16)/t9-,10?/m1/s1. The van der Waals surface area contributed by atoms with Crippen LogP contribution in [-0.2, 0) is 14.6 Å². The van der Waals surface area contributed by atoms with E-state index in [-0.39, 0.29) is 24.1 Å². The summed E-state index contributed by atoms with van der Waals surface area (Å²) in [6.07, 6.45) is 2.87. The number of pyridine rings is 1. The molecule has 0 aliphatic rings. The second kappa shape index (κ2) is 6.63. The molecule has 1 aromatic heterocycles. The third-order valence-corrected chi connectivity index (χ3v) is 3.60. The van der Waals surface area contributed by atoms with Crippen molar-refractivity contribution in [1.82, 2.24) is 10.3 Å². The topological polar surface area (TPSA) is 102 Å². The predicted octanol–water partition coefficient (Wildman–Crippen LogP) is 0.0208. The number of rotatable bonds is 6. The van der Waals surface area contributed by atoms with Crippen LogP contribution in [0.5, 0.6) is 0 Å². The molecule has 6 nitrogen and oxygen atoms in total. The number of sulfone groups is 1. The minimum Gasteiger partial charge on any atom is -0.347 e. The molecule has 1 unspecified atom stereocenters. The van der Waals surface area contributed by atoms with Gasteiger partial charge in [0.1, 0.15) is 9.84 Å². The molecule has 0 aliphatic heterocycles. The number of nitrogens with one attached hydrogen (secondary N) is 1. The number of hydrogen-bond acceptors (Lipinski definition) is 5. The van der Waals surface area contributed by atoms with E-state index in [1.165, 1.54) is 0 Å². The average Bonchev–Trinajstić information content (AvgIpc) is 2.36. The number of nitrogens with two attached hydrogens (primary N) is 1. The van der Waals surface area contributed by atoms with Gasteiger partial charge in [-0.3, -0.25) is 9.78 Å². The molecular formula is C12H19N3O3S. The van der Waals surface area contributed by atoms with E-state index in [2.05, 4.69) is 10.3 Å². The second-order valence-corrected chi connectivity index (χ2v) is 6.77. The van der Waals surface area contributed by atoms with Gasteiger partial charge in [0.15, 0.2) is 0 Å². The summed E-state index contributed by atoms with van der Waals surface area (Å²) in [7, 11) is -3.11. The minimum absolute atomic E-state index is 0.0977. The SMILES string of the molecule is C[C@@H](NC(=O)C(N)CCS(C)(=O)=O)c1ccccn1. The monoisotopic (exact) mass is 285 g/mol. The third kappa shape index (κ3) is 5.80. The highest BCUT2D eigenvalue weighted by atomic mass is 32.2. The zero-order valence-corrected chi connectivity index (χ0v) is 11.9. The van der Waals surface area contributed by atoms with Crippen LogP contribution in [0.1, 0.15) is 25.1 Å². The van der Waals surface area contributed by atoms with E-state index in [1.54, 1.807) is 25.3 Å². The number of nitrogens with zero attached hydrogens (tertiary/aromatic N) is 1. The van der Waals surface area contributed by atoms with Crippen molar-refractivity contribution in [1.29, 1.82) is 0 Å². The summed E-state index contributed by atoms with van der Waals surface area (Å²) in [4.78, 5) is 15.9. The summed E-state index contributed by atoms with van der Waals surface area (Å²) in [6, 6.07) is 4.32. The third-order valence-electron chi connectivity index (χ3n) is 2.63. The van der Waals surface area contributed by atoms with Crippen molar-refractivity contribution in [2.45, 2.75) is 25.4 Å². The molecule has 0 saturated heterocycles. The Kier molecular flexibility index (Phi) is 5.44. The summed E-state index contributed by atoms with van der Waals surface area (Å²) < 4.78 is 22.0. The van der Waals surface area contributed by atoms with Crippen LogP contribution in [0.2, 0.25) is 0 Å². The Morgan fingerprint density at radius 2 is 2.16 bits per heavy atom. The van der Waals surface area contributed by atoms with Crippen LogP contribution in [0.25, 0.3) is 0 Å². The lowest BCUT2D eigenvalue weighted by Gasteiger charge is -2.16. The van der Waals surface area contributed by atoms with Gasteiger partial charge in [-0.1, -0.05) is 6.07 Å². The largest absolute Gasteiger partial charge is 0.347 e. The highest BCUT2D eigenvalue weighted by molar-refractivity contribution is 7.90. The molecule has 1 aromatic rings. The van der Waals surface area contributed by atoms with Gasteiger partial charge in [-0.2, -0.15) is 0 Å². The summed E-state index contributed by atoms with van der Waals surface area (Å²) >= 11 is 0. The van der Waals surface area contributed by atoms with Gasteiger partial charge < -0.3 is 11.1 Å². The predicted molar refractivity (Wildman–Crippen MR) is 73.1 cm³/mol. The molecule has 3 N–H and O–H groups in total. The number of hydrogen-bond donors (Lipinski definition) is 2. The smallest absolute Gasteiger partial charge is 0.237 e. The Morgan fingerprint density at radius 3 is 2.68 bits per heavy atom. The van der Waals surface area contributed by atoms with Crippen LogP contribution in [0.3, 0.4) is 0 Å². The highest BCUT2D eigenvalue weighted by Gasteiger charge is 2.18. The van der Waals surface area contributed by atoms with E-state index in [4.69, 9.17) is 5.73 Å². The van der Waals surface area contributed by atoms with Crippen molar-refractivity contribution < 1.29 is 13.2 Å². The first-order valence-corrected chi connectivity index (χ1v) is 8.00. The van der Waals surface area contributed by atoms with E-state index >= 15 is 0 Å². The molecule has 106 valence electrons. The fraction of sp³-hybridized carbons (Fsp3) is 0.500. The zero-order chi connectivity index (χ0) is 14.5. The molecule has 19 heavy (non-hydrogen) atoms. The van der Waals surface area contributed by atoms with Crippen molar-refractivity contribution >= 4 is 15.7 Å². The Hall–Kier alpha value is -1.47. The van der Waals surface area contributed by atoms with Crippen LogP contribution >= 0.6 is 0 Å². The van der Waals surface area contributed by atoms with Gasteiger partial charge in [0.2, 0.25) is 5.91 Å². The molecule has 0 fully saturated rings. The van der Waals surface area contributed by atoms with Crippen LogP contribution in [0.4, 0.5) is 0 Å². The van der Waals surface area contributed by atoms with Crippen molar-refractivity contribution in [2.24, 2.45) is 5.73 Å². The van der Waals surface area contributed by atoms with Crippen molar-refractivity contribution in [3.63, 3.8) is 0 Å². The minimum atomic E-state index is -3.11. The Labute approximate surface area is 113 Å². The van der Waals surface area contributed by atoms with Crippen molar-refractivity contribution in [2.75, 3.05) is 12.0 Å². The number of aromatic nitrogens is 1. The fourth-order valence-corrected chi connectivity index (χ4v) is 2.18. The van der Waals surface area contributed by atoms with E-state index in [1.807, 2.05) is 6.07 Å². The van der Waals surface area contributed by atoms with Gasteiger partial charge in [0.25, 0.3) is 0 Å². The first-order chi connectivity index (χ1) is 8.79. The normalized spacial score (nSPS) is 14.7. The molecule has 0 bridgehead atoms. The quantitative estimate of drug-likeness (QED) is 0.767. The molecule has 0 aromatic carbocycles. The maximum Gasteiger partial charge on any atom is 0.237 e. The van der Waals surface area contributed by atoms with Gasteiger partial charge in [0.05, 0.1) is 23.5 Å². The molecule has 0 radical (unpaired) electrons. The molecule has 0 saturated carbocycles. The van der Waals surface area contributed by atoms with Crippen molar-refractivity contribution in [3.8, 4) is 0 Å². The van der Waals surface area contributed by atoms with Crippen LogP contribution < -0.4 is 11.1 Å². The summed E-state index contributed by atoms with van der Waals surface area (Å²) in [5, 5.41) is 2.71. The molecule has 1 heterocycles. The Bertz CT molecular complexity index is 516. The summed E-state index contributed by atoms with van der Waals surface area (Å²) in [5.74, 6) is -0.471. The maximum absolute atomic E-state index is 11.8. The molecule has 1 rings (SSSR count). The lowest BCUT2D eigenvalue weighted by Crippen LogP contribution is -2.42. The lowest BCUT2D eigenvalue weighted by atomic mass is 10.1.